The van der Waals surface area contributed by atoms with Crippen LogP contribution in [0.5, 0.6) is 0 Å². The van der Waals surface area contributed by atoms with Gasteiger partial charge in [0.25, 0.3) is 5.91 Å². The molecule has 0 atom stereocenters. The van der Waals surface area contributed by atoms with E-state index in [4.69, 9.17) is 0 Å². The van der Waals surface area contributed by atoms with E-state index < -0.39 is 0 Å². The van der Waals surface area contributed by atoms with Crippen molar-refractivity contribution in [1.82, 2.24) is 19.9 Å². The Morgan fingerprint density at radius 3 is 2.77 bits per heavy atom. The zero-order chi connectivity index (χ0) is 14.9. The Labute approximate surface area is 127 Å². The van der Waals surface area contributed by atoms with Crippen molar-refractivity contribution in [2.45, 2.75) is 6.04 Å². The van der Waals surface area contributed by atoms with Gasteiger partial charge in [-0.25, -0.2) is 9.97 Å². The Morgan fingerprint density at radius 2 is 1.95 bits per heavy atom. The maximum Gasteiger partial charge on any atom is 0.256 e. The highest BCUT2D eigenvalue weighted by Crippen LogP contribution is 2.22. The molecule has 6 nitrogen and oxygen atoms in total. The molecule has 3 heterocycles. The van der Waals surface area contributed by atoms with E-state index in [1.165, 1.54) is 0 Å². The molecule has 3 aromatic rings. The number of para-hydroxylation sites is 1. The number of hydrogen-bond donors (Lipinski definition) is 2. The molecule has 0 unspecified atom stereocenters. The molecule has 1 aliphatic heterocycles. The maximum absolute atomic E-state index is 12.5. The number of nitrogens with zero attached hydrogens (tertiary/aromatic N) is 3. The quantitative estimate of drug-likeness (QED) is 0.773. The first-order chi connectivity index (χ1) is 10.8. The van der Waals surface area contributed by atoms with E-state index in [0.29, 0.717) is 19.0 Å². The number of nitrogens with one attached hydrogen (secondary N) is 2. The summed E-state index contributed by atoms with van der Waals surface area (Å²) in [5, 5.41) is 4.19. The van der Waals surface area contributed by atoms with Crippen LogP contribution in [0.15, 0.2) is 48.9 Å². The van der Waals surface area contributed by atoms with Gasteiger partial charge in [0, 0.05) is 42.6 Å². The van der Waals surface area contributed by atoms with Crippen molar-refractivity contribution in [1.29, 1.82) is 0 Å². The van der Waals surface area contributed by atoms with Gasteiger partial charge in [0.05, 0.1) is 11.6 Å². The van der Waals surface area contributed by atoms with Crippen molar-refractivity contribution in [2.75, 3.05) is 18.4 Å². The highest BCUT2D eigenvalue weighted by molar-refractivity contribution is 6.07. The summed E-state index contributed by atoms with van der Waals surface area (Å²) in [6, 6.07) is 9.82. The molecule has 4 rings (SSSR count). The lowest BCUT2D eigenvalue weighted by molar-refractivity contribution is 0.0626. The number of carbonyl (C=O) groups excluding carboxylic acids is 1. The van der Waals surface area contributed by atoms with Gasteiger partial charge in [-0.15, -0.1) is 0 Å². The molecule has 110 valence electrons. The smallest absolute Gasteiger partial charge is 0.256 e. The van der Waals surface area contributed by atoms with Crippen molar-refractivity contribution in [2.24, 2.45) is 0 Å². The summed E-state index contributed by atoms with van der Waals surface area (Å²) in [4.78, 5) is 25.8. The third-order valence-corrected chi connectivity index (χ3v) is 3.89. The van der Waals surface area contributed by atoms with Crippen LogP contribution in [0.1, 0.15) is 10.4 Å². The van der Waals surface area contributed by atoms with Crippen LogP contribution in [0, 0.1) is 0 Å². The van der Waals surface area contributed by atoms with Crippen molar-refractivity contribution >= 4 is 22.8 Å². The Balaban J connectivity index is 1.43. The van der Waals surface area contributed by atoms with Crippen LogP contribution < -0.4 is 5.32 Å². The van der Waals surface area contributed by atoms with Gasteiger partial charge in [-0.1, -0.05) is 18.2 Å². The number of benzene rings is 1. The molecular formula is C16H15N5O. The summed E-state index contributed by atoms with van der Waals surface area (Å²) >= 11 is 0. The minimum absolute atomic E-state index is 0.0597. The second kappa shape index (κ2) is 5.14. The van der Waals surface area contributed by atoms with Gasteiger partial charge in [0.15, 0.2) is 0 Å². The van der Waals surface area contributed by atoms with Gasteiger partial charge >= 0.3 is 0 Å². The van der Waals surface area contributed by atoms with Crippen molar-refractivity contribution in [3.8, 4) is 0 Å². The van der Waals surface area contributed by atoms with Crippen LogP contribution in [-0.4, -0.2) is 44.9 Å². The number of H-pyrrole nitrogens is 1. The van der Waals surface area contributed by atoms with Crippen molar-refractivity contribution < 1.29 is 4.79 Å². The van der Waals surface area contributed by atoms with E-state index in [2.05, 4.69) is 20.3 Å². The predicted molar refractivity (Wildman–Crippen MR) is 83.6 cm³/mol. The topological polar surface area (TPSA) is 73.9 Å². The zero-order valence-electron chi connectivity index (χ0n) is 11.9. The lowest BCUT2D eigenvalue weighted by Gasteiger charge is -2.39. The SMILES string of the molecule is O=C(c1c[nH]c2ccccc12)N1CC(Nc2ncccn2)C1. The lowest BCUT2D eigenvalue weighted by Crippen LogP contribution is -2.57. The molecule has 0 saturated carbocycles. The summed E-state index contributed by atoms with van der Waals surface area (Å²) < 4.78 is 0. The maximum atomic E-state index is 12.5. The Bertz CT molecular complexity index is 808. The van der Waals surface area contributed by atoms with E-state index in [0.717, 1.165) is 16.5 Å². The zero-order valence-corrected chi connectivity index (χ0v) is 11.9. The summed E-state index contributed by atoms with van der Waals surface area (Å²) in [7, 11) is 0. The number of aromatic amines is 1. The minimum Gasteiger partial charge on any atom is -0.360 e. The monoisotopic (exact) mass is 293 g/mol. The van der Waals surface area contributed by atoms with Crippen LogP contribution in [0.25, 0.3) is 10.9 Å². The second-order valence-electron chi connectivity index (χ2n) is 5.37. The number of anilines is 1. The number of likely N-dealkylation sites (tertiary alicyclic amines) is 1. The van der Waals surface area contributed by atoms with Gasteiger partial charge in [0.2, 0.25) is 5.95 Å². The molecule has 2 N–H and O–H groups in total. The molecule has 0 spiro atoms. The molecule has 1 aliphatic rings. The number of amides is 1. The average molecular weight is 293 g/mol. The van der Waals surface area contributed by atoms with E-state index in [-0.39, 0.29) is 11.9 Å². The number of carbonyl (C=O) groups is 1. The Kier molecular flexibility index (Phi) is 3.00. The molecule has 0 radical (unpaired) electrons. The van der Waals surface area contributed by atoms with Crippen LogP contribution in [0.3, 0.4) is 0 Å². The number of fused-ring (bicyclic) bond motifs is 1. The summed E-state index contributed by atoms with van der Waals surface area (Å²) in [6.07, 6.45) is 5.18. The minimum atomic E-state index is 0.0597. The van der Waals surface area contributed by atoms with Gasteiger partial charge in [-0.3, -0.25) is 4.79 Å². The number of hydrogen-bond acceptors (Lipinski definition) is 4. The van der Waals surface area contributed by atoms with Crippen LogP contribution in [0.4, 0.5) is 5.95 Å². The predicted octanol–water partition coefficient (Wildman–Crippen LogP) is 1.89. The first kappa shape index (κ1) is 12.8. The first-order valence-corrected chi connectivity index (χ1v) is 7.20. The fourth-order valence-electron chi connectivity index (χ4n) is 2.71. The molecule has 2 aromatic heterocycles. The molecular weight excluding hydrogens is 278 g/mol. The van der Waals surface area contributed by atoms with Crippen LogP contribution >= 0.6 is 0 Å². The van der Waals surface area contributed by atoms with E-state index in [9.17, 15) is 4.79 Å². The first-order valence-electron chi connectivity index (χ1n) is 7.20. The fourth-order valence-corrected chi connectivity index (χ4v) is 2.71. The van der Waals surface area contributed by atoms with E-state index >= 15 is 0 Å². The van der Waals surface area contributed by atoms with Gasteiger partial charge < -0.3 is 15.2 Å². The van der Waals surface area contributed by atoms with Gasteiger partial charge in [-0.05, 0) is 12.1 Å². The molecule has 0 aliphatic carbocycles. The standard InChI is InChI=1S/C16H15N5O/c22-15(13-8-19-14-5-2-1-4-12(13)14)21-9-11(10-21)20-16-17-6-3-7-18-16/h1-8,11,19H,9-10H2,(H,17,18,20). The lowest BCUT2D eigenvalue weighted by atomic mass is 10.1. The van der Waals surface area contributed by atoms with Gasteiger partial charge in [0.1, 0.15) is 0 Å². The highest BCUT2D eigenvalue weighted by atomic mass is 16.2. The molecule has 1 fully saturated rings. The summed E-state index contributed by atoms with van der Waals surface area (Å²) in [5.41, 5.74) is 1.71. The molecule has 1 aromatic carbocycles. The van der Waals surface area contributed by atoms with Crippen LogP contribution in [-0.2, 0) is 0 Å². The fraction of sp³-hybridized carbons (Fsp3) is 0.188. The average Bonchev–Trinajstić information content (AvgIpc) is 2.95. The van der Waals surface area contributed by atoms with E-state index in [1.54, 1.807) is 24.7 Å². The van der Waals surface area contributed by atoms with Crippen LogP contribution in [0.2, 0.25) is 0 Å². The third kappa shape index (κ3) is 2.18. The number of aromatic nitrogens is 3. The highest BCUT2D eigenvalue weighted by Gasteiger charge is 2.32. The summed E-state index contributed by atoms with van der Waals surface area (Å²) in [6.45, 7) is 1.33. The molecule has 1 saturated heterocycles. The Morgan fingerprint density at radius 1 is 1.18 bits per heavy atom. The second-order valence-corrected chi connectivity index (χ2v) is 5.37. The largest absolute Gasteiger partial charge is 0.360 e. The molecule has 0 bridgehead atoms. The van der Waals surface area contributed by atoms with Gasteiger partial charge in [-0.2, -0.15) is 0 Å². The summed E-state index contributed by atoms with van der Waals surface area (Å²) in [5.74, 6) is 0.663. The van der Waals surface area contributed by atoms with Crippen molar-refractivity contribution in [3.05, 3.63) is 54.5 Å². The van der Waals surface area contributed by atoms with Crippen molar-refractivity contribution in [3.63, 3.8) is 0 Å². The number of rotatable bonds is 3. The molecule has 1 amide bonds. The normalized spacial score (nSPS) is 14.8. The van der Waals surface area contributed by atoms with E-state index in [1.807, 2.05) is 29.2 Å². The Hall–Kier alpha value is -2.89. The molecule has 22 heavy (non-hydrogen) atoms. The third-order valence-electron chi connectivity index (χ3n) is 3.89. The molecule has 6 heteroatoms.